The predicted octanol–water partition coefficient (Wildman–Crippen LogP) is 5.95. The molecular formula is C30H28F6N2O6. The van der Waals surface area contributed by atoms with Crippen LogP contribution in [-0.4, -0.2) is 59.4 Å². The van der Waals surface area contributed by atoms with E-state index in [0.29, 0.717) is 37.1 Å². The number of carbonyl (C=O) groups is 3. The molecule has 2 fully saturated rings. The minimum absolute atomic E-state index is 0.0349. The number of amides is 1. The summed E-state index contributed by atoms with van der Waals surface area (Å²) >= 11 is 0. The van der Waals surface area contributed by atoms with Gasteiger partial charge in [0.25, 0.3) is 5.91 Å². The second-order valence-electron chi connectivity index (χ2n) is 9.50. The van der Waals surface area contributed by atoms with Gasteiger partial charge in [0.2, 0.25) is 0 Å². The van der Waals surface area contributed by atoms with E-state index in [1.807, 2.05) is 0 Å². The highest BCUT2D eigenvalue weighted by molar-refractivity contribution is 6.15. The molecule has 8 nitrogen and oxygen atoms in total. The van der Waals surface area contributed by atoms with Crippen LogP contribution >= 0.6 is 0 Å². The maximum atomic E-state index is 13.7. The van der Waals surface area contributed by atoms with Crippen LogP contribution < -0.4 is 0 Å². The number of hydrogen-bond donors (Lipinski definition) is 1. The van der Waals surface area contributed by atoms with Crippen molar-refractivity contribution >= 4 is 29.8 Å². The van der Waals surface area contributed by atoms with Crippen molar-refractivity contribution in [1.29, 1.82) is 0 Å². The van der Waals surface area contributed by atoms with Gasteiger partial charge in [-0.15, -0.1) is 0 Å². The number of aliphatic imine (C=N–C) groups is 1. The largest absolute Gasteiger partial charge is 0.506 e. The minimum Gasteiger partial charge on any atom is -0.506 e. The Morgan fingerprint density at radius 1 is 0.818 bits per heavy atom. The van der Waals surface area contributed by atoms with Gasteiger partial charge in [-0.05, 0) is 51.7 Å². The standard InChI is InChI=1S/2C15H14F3NO3/c1-2-22-15(21)10(7-19-8-3-4-8)14(20)9-5-12(17)13(18)6-11(9)16;1-2-22-14(20)5-6-19(9-3-4-9)15(21)10-7-12(17)13(18)8-11(10)16/h5-8,20H,2-4H2,1H3;5-9H,2-4H2,1H3/b;6-5+. The average molecular weight is 627 g/mol. The Morgan fingerprint density at radius 3 is 1.86 bits per heavy atom. The lowest BCUT2D eigenvalue weighted by atomic mass is 10.1. The summed E-state index contributed by atoms with van der Waals surface area (Å²) in [5.41, 5.74) is -1.62. The van der Waals surface area contributed by atoms with Crippen molar-refractivity contribution in [3.8, 4) is 0 Å². The number of aliphatic hydroxyl groups is 1. The van der Waals surface area contributed by atoms with Gasteiger partial charge in [0.15, 0.2) is 23.3 Å². The number of ether oxygens (including phenoxy) is 2. The average Bonchev–Trinajstić information content (AvgIpc) is 3.89. The third-order valence-corrected chi connectivity index (χ3v) is 6.05. The van der Waals surface area contributed by atoms with Crippen LogP contribution in [0.3, 0.4) is 0 Å². The molecule has 0 radical (unpaired) electrons. The monoisotopic (exact) mass is 626 g/mol. The lowest BCUT2D eigenvalue weighted by molar-refractivity contribution is -0.138. The van der Waals surface area contributed by atoms with Gasteiger partial charge in [0.05, 0.1) is 30.4 Å². The predicted molar refractivity (Wildman–Crippen MR) is 145 cm³/mol. The van der Waals surface area contributed by atoms with Crippen molar-refractivity contribution in [3.63, 3.8) is 0 Å². The van der Waals surface area contributed by atoms with Crippen LogP contribution in [-0.2, 0) is 19.1 Å². The molecule has 0 bridgehead atoms. The SMILES string of the molecule is CCOC(=O)/C=C/N(C(=O)c1cc(F)c(F)cc1F)C1CC1.CCOC(=O)C(C=NC1CC1)=C(O)c1cc(F)c(F)cc1F. The summed E-state index contributed by atoms with van der Waals surface area (Å²) in [4.78, 5) is 40.5. The van der Waals surface area contributed by atoms with E-state index in [1.54, 1.807) is 13.8 Å². The van der Waals surface area contributed by atoms with E-state index in [1.165, 1.54) is 6.20 Å². The van der Waals surface area contributed by atoms with Crippen molar-refractivity contribution in [3.05, 3.63) is 88.1 Å². The first-order valence-electron chi connectivity index (χ1n) is 13.5. The Hall–Kier alpha value is -4.62. The molecule has 44 heavy (non-hydrogen) atoms. The number of carbonyl (C=O) groups excluding carboxylic acids is 3. The van der Waals surface area contributed by atoms with Crippen LogP contribution in [0.4, 0.5) is 26.3 Å². The first-order valence-corrected chi connectivity index (χ1v) is 13.5. The van der Waals surface area contributed by atoms with Gasteiger partial charge in [-0.2, -0.15) is 0 Å². The fraction of sp³-hybridized carbons (Fsp3) is 0.333. The Morgan fingerprint density at radius 2 is 1.34 bits per heavy atom. The zero-order chi connectivity index (χ0) is 32.6. The van der Waals surface area contributed by atoms with Crippen LogP contribution in [0.2, 0.25) is 0 Å². The summed E-state index contributed by atoms with van der Waals surface area (Å²) < 4.78 is 89.1. The summed E-state index contributed by atoms with van der Waals surface area (Å²) in [5, 5.41) is 10.1. The molecule has 236 valence electrons. The van der Waals surface area contributed by atoms with E-state index < -0.39 is 75.2 Å². The molecule has 1 amide bonds. The highest BCUT2D eigenvalue weighted by Gasteiger charge is 2.33. The van der Waals surface area contributed by atoms with Gasteiger partial charge in [0, 0.05) is 36.7 Å². The molecule has 0 atom stereocenters. The number of esters is 2. The molecule has 14 heteroatoms. The number of benzene rings is 2. The Bertz CT molecular complexity index is 1500. The molecule has 0 heterocycles. The third-order valence-electron chi connectivity index (χ3n) is 6.05. The van der Waals surface area contributed by atoms with Crippen LogP contribution in [0.15, 0.2) is 47.1 Å². The van der Waals surface area contributed by atoms with Crippen LogP contribution in [0.5, 0.6) is 0 Å². The molecule has 0 spiro atoms. The zero-order valence-corrected chi connectivity index (χ0v) is 23.6. The van der Waals surface area contributed by atoms with Crippen molar-refractivity contribution in [1.82, 2.24) is 4.90 Å². The smallest absolute Gasteiger partial charge is 0.343 e. The van der Waals surface area contributed by atoms with E-state index in [2.05, 4.69) is 9.73 Å². The van der Waals surface area contributed by atoms with Gasteiger partial charge >= 0.3 is 11.9 Å². The molecule has 2 aliphatic rings. The first kappa shape index (κ1) is 33.9. The topological polar surface area (TPSA) is 106 Å². The molecule has 0 aromatic heterocycles. The Balaban J connectivity index is 0.000000240. The molecule has 2 saturated carbocycles. The van der Waals surface area contributed by atoms with E-state index in [-0.39, 0.29) is 25.3 Å². The summed E-state index contributed by atoms with van der Waals surface area (Å²) in [6.07, 6.45) is 6.37. The summed E-state index contributed by atoms with van der Waals surface area (Å²) in [6.45, 7) is 3.40. The van der Waals surface area contributed by atoms with Crippen molar-refractivity contribution < 1.29 is 55.3 Å². The molecular weight excluding hydrogens is 598 g/mol. The molecule has 1 N–H and O–H groups in total. The Labute approximate surface area is 248 Å². The molecule has 0 saturated heterocycles. The normalized spacial score (nSPS) is 15.0. The zero-order valence-electron chi connectivity index (χ0n) is 23.6. The second kappa shape index (κ2) is 15.2. The lowest BCUT2D eigenvalue weighted by Crippen LogP contribution is -2.29. The quantitative estimate of drug-likeness (QED) is 0.0873. The lowest BCUT2D eigenvalue weighted by Gasteiger charge is -2.18. The summed E-state index contributed by atoms with van der Waals surface area (Å²) in [5.74, 6) is -11.0. The van der Waals surface area contributed by atoms with E-state index in [4.69, 9.17) is 4.74 Å². The molecule has 4 rings (SSSR count). The van der Waals surface area contributed by atoms with Gasteiger partial charge in [-0.1, -0.05) is 0 Å². The number of halogens is 6. The van der Waals surface area contributed by atoms with Crippen molar-refractivity contribution in [2.24, 2.45) is 4.99 Å². The Kier molecular flexibility index (Phi) is 11.7. The van der Waals surface area contributed by atoms with Gasteiger partial charge < -0.3 is 19.5 Å². The first-order chi connectivity index (χ1) is 20.9. The number of hydrogen-bond acceptors (Lipinski definition) is 7. The second-order valence-corrected chi connectivity index (χ2v) is 9.50. The van der Waals surface area contributed by atoms with Gasteiger partial charge in [0.1, 0.15) is 23.0 Å². The molecule has 0 aliphatic heterocycles. The van der Waals surface area contributed by atoms with E-state index >= 15 is 0 Å². The van der Waals surface area contributed by atoms with Gasteiger partial charge in [-0.3, -0.25) is 9.79 Å². The summed E-state index contributed by atoms with van der Waals surface area (Å²) in [7, 11) is 0. The third kappa shape index (κ3) is 9.19. The number of aliphatic hydroxyl groups excluding tert-OH is 1. The summed E-state index contributed by atoms with van der Waals surface area (Å²) in [6, 6.07) is 1.47. The van der Waals surface area contributed by atoms with Crippen LogP contribution in [0.25, 0.3) is 5.76 Å². The van der Waals surface area contributed by atoms with E-state index in [9.17, 15) is 45.8 Å². The molecule has 2 aromatic rings. The highest BCUT2D eigenvalue weighted by Crippen LogP contribution is 2.30. The maximum absolute atomic E-state index is 13.7. The molecule has 2 aliphatic carbocycles. The fourth-order valence-electron chi connectivity index (χ4n) is 3.54. The minimum atomic E-state index is -1.39. The van der Waals surface area contributed by atoms with Crippen LogP contribution in [0, 0.1) is 34.9 Å². The van der Waals surface area contributed by atoms with Gasteiger partial charge in [-0.25, -0.2) is 35.9 Å². The fourth-order valence-corrected chi connectivity index (χ4v) is 3.54. The number of nitrogens with zero attached hydrogens (tertiary/aromatic N) is 2. The van der Waals surface area contributed by atoms with Crippen LogP contribution in [0.1, 0.15) is 55.5 Å². The molecule has 2 aromatic carbocycles. The molecule has 0 unspecified atom stereocenters. The number of rotatable bonds is 10. The maximum Gasteiger partial charge on any atom is 0.343 e. The highest BCUT2D eigenvalue weighted by atomic mass is 19.2. The van der Waals surface area contributed by atoms with Crippen molar-refractivity contribution in [2.45, 2.75) is 51.6 Å². The van der Waals surface area contributed by atoms with E-state index in [0.717, 1.165) is 30.0 Å². The van der Waals surface area contributed by atoms with Crippen molar-refractivity contribution in [2.75, 3.05) is 13.2 Å².